The van der Waals surface area contributed by atoms with Crippen molar-refractivity contribution in [2.45, 2.75) is 0 Å². The second kappa shape index (κ2) is 6.58. The molecular weight excluding hydrogens is 279 g/mol. The van der Waals surface area contributed by atoms with Crippen LogP contribution in [0, 0.1) is 0 Å². The molecule has 1 rings (SSSR count). The number of likely N-dealkylation sites (N-methyl/N-ethyl adjacent to an activating group) is 1. The van der Waals surface area contributed by atoms with E-state index in [0.29, 0.717) is 0 Å². The van der Waals surface area contributed by atoms with Gasteiger partial charge in [-0.3, -0.25) is 9.59 Å². The Hall–Kier alpha value is -1.30. The number of hydrogen-bond donors (Lipinski definition) is 2. The van der Waals surface area contributed by atoms with Crippen molar-refractivity contribution in [1.29, 1.82) is 0 Å². The highest BCUT2D eigenvalue weighted by Gasteiger charge is 2.19. The number of nitrogens with one attached hydrogen (secondary N) is 1. The summed E-state index contributed by atoms with van der Waals surface area (Å²) in [5.74, 6) is -1.60. The number of benzene rings is 1. The minimum atomic E-state index is -0.838. The van der Waals surface area contributed by atoms with Crippen LogP contribution >= 0.6 is 23.2 Å². The molecule has 0 bridgehead atoms. The molecule has 1 aromatic rings. The van der Waals surface area contributed by atoms with Gasteiger partial charge in [0.1, 0.15) is 0 Å². The third kappa shape index (κ3) is 3.60. The molecule has 0 heterocycles. The Morgan fingerprint density at radius 3 is 2.67 bits per heavy atom. The predicted octanol–water partition coefficient (Wildman–Crippen LogP) is 1.38. The van der Waals surface area contributed by atoms with Crippen LogP contribution in [0.2, 0.25) is 10.0 Å². The molecule has 2 amide bonds. The van der Waals surface area contributed by atoms with Gasteiger partial charge in [-0.1, -0.05) is 29.3 Å². The van der Waals surface area contributed by atoms with E-state index in [1.807, 2.05) is 0 Å². The van der Waals surface area contributed by atoms with Crippen LogP contribution in [0.5, 0.6) is 0 Å². The molecule has 0 radical (unpaired) electrons. The molecule has 0 aromatic heterocycles. The minimum Gasteiger partial charge on any atom is -0.395 e. The van der Waals surface area contributed by atoms with E-state index < -0.39 is 11.8 Å². The molecule has 0 aliphatic carbocycles. The molecule has 0 aliphatic heterocycles. The van der Waals surface area contributed by atoms with E-state index in [-0.39, 0.29) is 28.9 Å². The highest BCUT2D eigenvalue weighted by Crippen LogP contribution is 2.29. The predicted molar refractivity (Wildman–Crippen MR) is 69.8 cm³/mol. The molecule has 18 heavy (non-hydrogen) atoms. The van der Waals surface area contributed by atoms with Crippen molar-refractivity contribution in [3.8, 4) is 0 Å². The molecule has 0 spiro atoms. The molecule has 0 atom stereocenters. The molecule has 7 heteroatoms. The number of rotatable bonds is 3. The third-order valence-electron chi connectivity index (χ3n) is 2.18. The molecule has 0 saturated carbocycles. The van der Waals surface area contributed by atoms with Crippen LogP contribution in [0.15, 0.2) is 18.2 Å². The summed E-state index contributed by atoms with van der Waals surface area (Å²) < 4.78 is 0. The maximum atomic E-state index is 11.6. The molecule has 1 aromatic carbocycles. The van der Waals surface area contributed by atoms with Crippen molar-refractivity contribution >= 4 is 40.7 Å². The first-order valence-electron chi connectivity index (χ1n) is 5.08. The van der Waals surface area contributed by atoms with Crippen LogP contribution in [0.25, 0.3) is 0 Å². The Morgan fingerprint density at radius 2 is 2.06 bits per heavy atom. The summed E-state index contributed by atoms with van der Waals surface area (Å²) in [6.07, 6.45) is 0. The standard InChI is InChI=1S/C11H12Cl2N2O3/c1-15(5-6-16)11(18)10(17)14-8-4-2-3-7(12)9(8)13/h2-4,16H,5-6H2,1H3,(H,14,17). The van der Waals surface area contributed by atoms with Crippen molar-refractivity contribution in [1.82, 2.24) is 4.90 Å². The lowest BCUT2D eigenvalue weighted by Gasteiger charge is -2.15. The van der Waals surface area contributed by atoms with Crippen LogP contribution in [0.3, 0.4) is 0 Å². The number of aliphatic hydroxyl groups is 1. The molecule has 5 nitrogen and oxygen atoms in total. The fourth-order valence-corrected chi connectivity index (χ4v) is 1.55. The van der Waals surface area contributed by atoms with Gasteiger partial charge in [0.25, 0.3) is 0 Å². The molecule has 0 fully saturated rings. The van der Waals surface area contributed by atoms with E-state index in [0.717, 1.165) is 4.90 Å². The lowest BCUT2D eigenvalue weighted by molar-refractivity contribution is -0.142. The summed E-state index contributed by atoms with van der Waals surface area (Å²) in [5.41, 5.74) is 0.264. The van der Waals surface area contributed by atoms with Gasteiger partial charge in [-0.05, 0) is 12.1 Å². The highest BCUT2D eigenvalue weighted by molar-refractivity contribution is 6.45. The Morgan fingerprint density at radius 1 is 1.39 bits per heavy atom. The highest BCUT2D eigenvalue weighted by atomic mass is 35.5. The van der Waals surface area contributed by atoms with Gasteiger partial charge >= 0.3 is 11.8 Å². The van der Waals surface area contributed by atoms with Gasteiger partial charge in [-0.25, -0.2) is 0 Å². The molecule has 0 aliphatic rings. The Labute approximate surface area is 114 Å². The number of halogens is 2. The van der Waals surface area contributed by atoms with E-state index in [9.17, 15) is 9.59 Å². The van der Waals surface area contributed by atoms with E-state index in [1.54, 1.807) is 12.1 Å². The van der Waals surface area contributed by atoms with Gasteiger partial charge in [0.2, 0.25) is 0 Å². The second-order valence-electron chi connectivity index (χ2n) is 3.51. The van der Waals surface area contributed by atoms with Gasteiger partial charge < -0.3 is 15.3 Å². The van der Waals surface area contributed by atoms with Gasteiger partial charge in [-0.2, -0.15) is 0 Å². The zero-order valence-corrected chi connectivity index (χ0v) is 11.1. The average Bonchev–Trinajstić information content (AvgIpc) is 2.34. The molecular formula is C11H12Cl2N2O3. The minimum absolute atomic E-state index is 0.0789. The first-order chi connectivity index (χ1) is 8.47. The molecule has 0 saturated heterocycles. The van der Waals surface area contributed by atoms with Crippen LogP contribution in [-0.2, 0) is 9.59 Å². The Balaban J connectivity index is 2.76. The van der Waals surface area contributed by atoms with Crippen molar-refractivity contribution in [2.24, 2.45) is 0 Å². The Kier molecular flexibility index (Phi) is 5.40. The summed E-state index contributed by atoms with van der Waals surface area (Å²) in [4.78, 5) is 24.3. The lowest BCUT2D eigenvalue weighted by Crippen LogP contribution is -2.38. The number of carbonyl (C=O) groups excluding carboxylic acids is 2. The lowest BCUT2D eigenvalue weighted by atomic mass is 10.3. The zero-order chi connectivity index (χ0) is 13.7. The number of aliphatic hydroxyl groups excluding tert-OH is 1. The Bertz CT molecular complexity index is 466. The zero-order valence-electron chi connectivity index (χ0n) is 9.61. The van der Waals surface area contributed by atoms with E-state index in [4.69, 9.17) is 28.3 Å². The van der Waals surface area contributed by atoms with Crippen LogP contribution in [0.1, 0.15) is 0 Å². The van der Waals surface area contributed by atoms with Crippen molar-refractivity contribution in [2.75, 3.05) is 25.5 Å². The number of amides is 2. The summed E-state index contributed by atoms with van der Waals surface area (Å²) >= 11 is 11.6. The normalized spacial score (nSPS) is 10.0. The monoisotopic (exact) mass is 290 g/mol. The summed E-state index contributed by atoms with van der Waals surface area (Å²) in [7, 11) is 1.41. The van der Waals surface area contributed by atoms with E-state index in [2.05, 4.69) is 5.32 Å². The average molecular weight is 291 g/mol. The van der Waals surface area contributed by atoms with Crippen LogP contribution in [0.4, 0.5) is 5.69 Å². The first kappa shape index (κ1) is 14.8. The van der Waals surface area contributed by atoms with Crippen LogP contribution in [-0.4, -0.2) is 42.0 Å². The smallest absolute Gasteiger partial charge is 0.313 e. The van der Waals surface area contributed by atoms with Crippen molar-refractivity contribution in [3.05, 3.63) is 28.2 Å². The molecule has 0 unspecified atom stereocenters. The fourth-order valence-electron chi connectivity index (χ4n) is 1.20. The van der Waals surface area contributed by atoms with Crippen molar-refractivity contribution in [3.63, 3.8) is 0 Å². The second-order valence-corrected chi connectivity index (χ2v) is 4.29. The van der Waals surface area contributed by atoms with Crippen molar-refractivity contribution < 1.29 is 14.7 Å². The number of nitrogens with zero attached hydrogens (tertiary/aromatic N) is 1. The van der Waals surface area contributed by atoms with Gasteiger partial charge in [0, 0.05) is 13.6 Å². The van der Waals surface area contributed by atoms with Gasteiger partial charge in [0.05, 0.1) is 22.3 Å². The SMILES string of the molecule is CN(CCO)C(=O)C(=O)Nc1cccc(Cl)c1Cl. The molecule has 2 N–H and O–H groups in total. The topological polar surface area (TPSA) is 69.6 Å². The quantitative estimate of drug-likeness (QED) is 0.827. The van der Waals surface area contributed by atoms with E-state index >= 15 is 0 Å². The van der Waals surface area contributed by atoms with Gasteiger partial charge in [0.15, 0.2) is 0 Å². The number of hydrogen-bond acceptors (Lipinski definition) is 3. The fraction of sp³-hybridized carbons (Fsp3) is 0.273. The maximum Gasteiger partial charge on any atom is 0.313 e. The first-order valence-corrected chi connectivity index (χ1v) is 5.84. The maximum absolute atomic E-state index is 11.6. The molecule has 98 valence electrons. The van der Waals surface area contributed by atoms with Crippen LogP contribution < -0.4 is 5.32 Å². The summed E-state index contributed by atoms with van der Waals surface area (Å²) in [6.45, 7) is -0.136. The van der Waals surface area contributed by atoms with Gasteiger partial charge in [-0.15, -0.1) is 0 Å². The van der Waals surface area contributed by atoms with E-state index in [1.165, 1.54) is 13.1 Å². The summed E-state index contributed by atoms with van der Waals surface area (Å²) in [5, 5.41) is 11.5. The largest absolute Gasteiger partial charge is 0.395 e. The number of carbonyl (C=O) groups is 2. The summed E-state index contributed by atoms with van der Waals surface area (Å²) in [6, 6.07) is 4.70. The third-order valence-corrected chi connectivity index (χ3v) is 3.00. The number of anilines is 1.